The zero-order valence-corrected chi connectivity index (χ0v) is 10.1. The van der Waals surface area contributed by atoms with Crippen LogP contribution < -0.4 is 10.9 Å². The van der Waals surface area contributed by atoms with Crippen LogP contribution in [0.15, 0.2) is 29.1 Å². The predicted octanol–water partition coefficient (Wildman–Crippen LogP) is 1.41. The number of hydrogen-bond donors (Lipinski definition) is 2. The van der Waals surface area contributed by atoms with Crippen LogP contribution >= 0.6 is 22.9 Å². The topological polar surface area (TPSA) is 74.8 Å². The molecule has 88 valence electrons. The number of H-pyrrole nitrogens is 1. The van der Waals surface area contributed by atoms with Crippen molar-refractivity contribution in [3.63, 3.8) is 0 Å². The molecule has 7 heteroatoms. The molecule has 2 rings (SSSR count). The van der Waals surface area contributed by atoms with Gasteiger partial charge in [-0.15, -0.1) is 11.3 Å². The van der Waals surface area contributed by atoms with Gasteiger partial charge in [-0.2, -0.15) is 5.10 Å². The van der Waals surface area contributed by atoms with Gasteiger partial charge < -0.3 is 5.32 Å². The number of nitrogens with zero attached hydrogens (tertiary/aromatic N) is 1. The average molecular weight is 270 g/mol. The molecule has 0 saturated heterocycles. The lowest BCUT2D eigenvalue weighted by Crippen LogP contribution is -2.24. The Bertz CT molecular complexity index is 573. The highest BCUT2D eigenvalue weighted by Gasteiger charge is 2.07. The summed E-state index contributed by atoms with van der Waals surface area (Å²) >= 11 is 7.16. The number of carbonyl (C=O) groups is 1. The van der Waals surface area contributed by atoms with Crippen LogP contribution in [-0.2, 0) is 6.54 Å². The van der Waals surface area contributed by atoms with E-state index < -0.39 is 0 Å². The highest BCUT2D eigenvalue weighted by molar-refractivity contribution is 7.16. The van der Waals surface area contributed by atoms with Crippen LogP contribution in [0.1, 0.15) is 15.4 Å². The second-order valence-electron chi connectivity index (χ2n) is 3.19. The number of halogens is 1. The Morgan fingerprint density at radius 1 is 1.41 bits per heavy atom. The first-order chi connectivity index (χ1) is 8.15. The molecular weight excluding hydrogens is 262 g/mol. The minimum atomic E-state index is -0.342. The lowest BCUT2D eigenvalue weighted by atomic mass is 10.3. The van der Waals surface area contributed by atoms with E-state index >= 15 is 0 Å². The molecule has 0 bridgehead atoms. The zero-order chi connectivity index (χ0) is 12.3. The third-order valence-electron chi connectivity index (χ3n) is 1.96. The number of hydrogen-bond acceptors (Lipinski definition) is 4. The normalized spacial score (nSPS) is 10.2. The Morgan fingerprint density at radius 2 is 2.24 bits per heavy atom. The molecule has 0 fully saturated rings. The largest absolute Gasteiger partial charge is 0.346 e. The SMILES string of the molecule is O=C(NCc1ccc(Cl)s1)c1ccc(=O)[nH]n1. The fourth-order valence-corrected chi connectivity index (χ4v) is 2.20. The van der Waals surface area contributed by atoms with Crippen LogP contribution in [0.2, 0.25) is 4.34 Å². The predicted molar refractivity (Wildman–Crippen MR) is 65.4 cm³/mol. The highest BCUT2D eigenvalue weighted by atomic mass is 35.5. The van der Waals surface area contributed by atoms with E-state index in [-0.39, 0.29) is 17.2 Å². The molecule has 0 unspecified atom stereocenters. The third-order valence-corrected chi connectivity index (χ3v) is 3.19. The lowest BCUT2D eigenvalue weighted by Gasteiger charge is -2.01. The van der Waals surface area contributed by atoms with Gasteiger partial charge >= 0.3 is 0 Å². The fourth-order valence-electron chi connectivity index (χ4n) is 1.18. The first kappa shape index (κ1) is 11.8. The summed E-state index contributed by atoms with van der Waals surface area (Å²) < 4.78 is 0.677. The molecule has 0 radical (unpaired) electrons. The van der Waals surface area contributed by atoms with Crippen molar-refractivity contribution in [2.75, 3.05) is 0 Å². The van der Waals surface area contributed by atoms with Gasteiger partial charge in [0.1, 0.15) is 5.69 Å². The molecule has 2 N–H and O–H groups in total. The molecule has 0 atom stereocenters. The molecule has 0 saturated carbocycles. The Kier molecular flexibility index (Phi) is 3.55. The molecule has 5 nitrogen and oxygen atoms in total. The van der Waals surface area contributed by atoms with Crippen molar-refractivity contribution in [3.05, 3.63) is 49.5 Å². The second kappa shape index (κ2) is 5.11. The number of aromatic amines is 1. The highest BCUT2D eigenvalue weighted by Crippen LogP contribution is 2.20. The van der Waals surface area contributed by atoms with Gasteiger partial charge in [-0.25, -0.2) is 5.10 Å². The van der Waals surface area contributed by atoms with Crippen LogP contribution in [0.25, 0.3) is 0 Å². The molecule has 0 aliphatic heterocycles. The van der Waals surface area contributed by atoms with Gasteiger partial charge in [-0.1, -0.05) is 11.6 Å². The van der Waals surface area contributed by atoms with Crippen molar-refractivity contribution < 1.29 is 4.79 Å². The Balaban J connectivity index is 1.98. The smallest absolute Gasteiger partial charge is 0.272 e. The summed E-state index contributed by atoms with van der Waals surface area (Å²) in [6.45, 7) is 0.386. The number of nitrogens with one attached hydrogen (secondary N) is 2. The van der Waals surface area contributed by atoms with Crippen molar-refractivity contribution in [1.29, 1.82) is 0 Å². The molecule has 1 amide bonds. The molecule has 2 aromatic heterocycles. The minimum Gasteiger partial charge on any atom is -0.346 e. The summed E-state index contributed by atoms with van der Waals surface area (Å²) in [5.74, 6) is -0.342. The quantitative estimate of drug-likeness (QED) is 0.885. The van der Waals surface area contributed by atoms with Crippen LogP contribution in [0.4, 0.5) is 0 Å². The van der Waals surface area contributed by atoms with E-state index in [0.29, 0.717) is 10.9 Å². The van der Waals surface area contributed by atoms with Gasteiger partial charge in [0.15, 0.2) is 0 Å². The maximum Gasteiger partial charge on any atom is 0.272 e. The number of aromatic nitrogens is 2. The Morgan fingerprint density at radius 3 is 2.82 bits per heavy atom. The fraction of sp³-hybridized carbons (Fsp3) is 0.100. The van der Waals surface area contributed by atoms with E-state index in [2.05, 4.69) is 15.5 Å². The lowest BCUT2D eigenvalue weighted by molar-refractivity contribution is 0.0945. The number of thiophene rings is 1. The first-order valence-electron chi connectivity index (χ1n) is 4.73. The minimum absolute atomic E-state index is 0.173. The van der Waals surface area contributed by atoms with E-state index in [9.17, 15) is 9.59 Å². The zero-order valence-electron chi connectivity index (χ0n) is 8.57. The van der Waals surface area contributed by atoms with Gasteiger partial charge in [0.05, 0.1) is 10.9 Å². The van der Waals surface area contributed by atoms with Crippen molar-refractivity contribution in [3.8, 4) is 0 Å². The van der Waals surface area contributed by atoms with E-state index in [0.717, 1.165) is 4.88 Å². The molecule has 0 aliphatic rings. The summed E-state index contributed by atoms with van der Waals surface area (Å²) in [6.07, 6.45) is 0. The summed E-state index contributed by atoms with van der Waals surface area (Å²) in [6, 6.07) is 6.24. The van der Waals surface area contributed by atoms with Crippen LogP contribution in [-0.4, -0.2) is 16.1 Å². The van der Waals surface area contributed by atoms with Crippen molar-refractivity contribution in [2.24, 2.45) is 0 Å². The van der Waals surface area contributed by atoms with Gasteiger partial charge in [0, 0.05) is 10.9 Å². The van der Waals surface area contributed by atoms with E-state index in [1.165, 1.54) is 23.5 Å². The van der Waals surface area contributed by atoms with Crippen LogP contribution in [0, 0.1) is 0 Å². The molecule has 17 heavy (non-hydrogen) atoms. The standard InChI is InChI=1S/C10H8ClN3O2S/c11-8-3-1-6(17-8)5-12-10(16)7-2-4-9(15)14-13-7/h1-4H,5H2,(H,12,16)(H,14,15). The molecule has 0 spiro atoms. The molecule has 0 aromatic carbocycles. The van der Waals surface area contributed by atoms with Gasteiger partial charge in [-0.3, -0.25) is 9.59 Å². The first-order valence-corrected chi connectivity index (χ1v) is 5.93. The van der Waals surface area contributed by atoms with Crippen LogP contribution in [0.3, 0.4) is 0 Å². The second-order valence-corrected chi connectivity index (χ2v) is 4.99. The molecular formula is C10H8ClN3O2S. The third kappa shape index (κ3) is 3.15. The Hall–Kier alpha value is -1.66. The van der Waals surface area contributed by atoms with Gasteiger partial charge in [-0.05, 0) is 18.2 Å². The molecule has 0 aliphatic carbocycles. The van der Waals surface area contributed by atoms with Gasteiger partial charge in [0.25, 0.3) is 11.5 Å². The maximum absolute atomic E-state index is 11.6. The van der Waals surface area contributed by atoms with Crippen molar-refractivity contribution in [2.45, 2.75) is 6.54 Å². The number of rotatable bonds is 3. The number of carbonyl (C=O) groups excluding carboxylic acids is 1. The Labute approximate surface area is 105 Å². The summed E-state index contributed by atoms with van der Waals surface area (Å²) in [5.41, 5.74) is -0.168. The van der Waals surface area contributed by atoms with Crippen LogP contribution in [0.5, 0.6) is 0 Å². The van der Waals surface area contributed by atoms with Gasteiger partial charge in [0.2, 0.25) is 0 Å². The van der Waals surface area contributed by atoms with E-state index in [1.54, 1.807) is 6.07 Å². The van der Waals surface area contributed by atoms with Crippen molar-refractivity contribution in [1.82, 2.24) is 15.5 Å². The summed E-state index contributed by atoms with van der Waals surface area (Å²) in [4.78, 5) is 23.3. The summed E-state index contributed by atoms with van der Waals surface area (Å²) in [7, 11) is 0. The molecule has 2 aromatic rings. The average Bonchev–Trinajstić information content (AvgIpc) is 2.73. The maximum atomic E-state index is 11.6. The number of amides is 1. The van der Waals surface area contributed by atoms with E-state index in [1.807, 2.05) is 6.07 Å². The van der Waals surface area contributed by atoms with Crippen molar-refractivity contribution >= 4 is 28.8 Å². The molecule has 2 heterocycles. The summed E-state index contributed by atoms with van der Waals surface area (Å²) in [5, 5.41) is 8.50. The monoisotopic (exact) mass is 269 g/mol. The van der Waals surface area contributed by atoms with E-state index in [4.69, 9.17) is 11.6 Å².